The number of carbonyl (C=O) groups is 1. The zero-order chi connectivity index (χ0) is 19.5. The zero-order valence-corrected chi connectivity index (χ0v) is 15.9. The van der Waals surface area contributed by atoms with Gasteiger partial charge in [-0.2, -0.15) is 0 Å². The number of fused-ring (bicyclic) bond motifs is 1. The highest BCUT2D eigenvalue weighted by atomic mass is 16.5. The topological polar surface area (TPSA) is 84.3 Å². The number of nitrogens with zero attached hydrogens (tertiary/aromatic N) is 6. The SMILES string of the molecule is CC(C)OC(=O)c1nc2ccccc2nc1N1CCN(c2ncccn2)CC1. The van der Waals surface area contributed by atoms with Crippen LogP contribution < -0.4 is 9.80 Å². The molecule has 0 bridgehead atoms. The number of para-hydroxylation sites is 2. The van der Waals surface area contributed by atoms with E-state index in [4.69, 9.17) is 9.72 Å². The second-order valence-corrected chi connectivity index (χ2v) is 6.86. The van der Waals surface area contributed by atoms with E-state index in [1.54, 1.807) is 18.5 Å². The predicted molar refractivity (Wildman–Crippen MR) is 107 cm³/mol. The Morgan fingerprint density at radius 1 is 0.929 bits per heavy atom. The van der Waals surface area contributed by atoms with E-state index in [2.05, 4.69) is 24.8 Å². The summed E-state index contributed by atoms with van der Waals surface area (Å²) in [6.45, 7) is 6.49. The van der Waals surface area contributed by atoms with Gasteiger partial charge < -0.3 is 14.5 Å². The van der Waals surface area contributed by atoms with Crippen LogP contribution in [0.5, 0.6) is 0 Å². The molecule has 0 radical (unpaired) electrons. The van der Waals surface area contributed by atoms with Gasteiger partial charge in [0, 0.05) is 38.6 Å². The third-order valence-corrected chi connectivity index (χ3v) is 4.50. The van der Waals surface area contributed by atoms with Crippen molar-refractivity contribution in [1.29, 1.82) is 0 Å². The highest BCUT2D eigenvalue weighted by molar-refractivity contribution is 5.95. The Labute approximate surface area is 163 Å². The van der Waals surface area contributed by atoms with Crippen molar-refractivity contribution in [3.63, 3.8) is 0 Å². The van der Waals surface area contributed by atoms with Gasteiger partial charge >= 0.3 is 5.97 Å². The van der Waals surface area contributed by atoms with Crippen molar-refractivity contribution >= 4 is 28.8 Å². The quantitative estimate of drug-likeness (QED) is 0.640. The fourth-order valence-electron chi connectivity index (χ4n) is 3.19. The van der Waals surface area contributed by atoms with Gasteiger partial charge in [0.25, 0.3) is 0 Å². The Bertz CT molecular complexity index is 971. The lowest BCUT2D eigenvalue weighted by molar-refractivity contribution is 0.0371. The molecule has 0 spiro atoms. The largest absolute Gasteiger partial charge is 0.458 e. The molecule has 3 aromatic rings. The van der Waals surface area contributed by atoms with Crippen LogP contribution >= 0.6 is 0 Å². The molecule has 8 heteroatoms. The number of anilines is 2. The molecule has 8 nitrogen and oxygen atoms in total. The van der Waals surface area contributed by atoms with Gasteiger partial charge in [-0.1, -0.05) is 12.1 Å². The van der Waals surface area contributed by atoms with E-state index in [1.165, 1.54) is 0 Å². The molecule has 0 N–H and O–H groups in total. The molecule has 2 aromatic heterocycles. The van der Waals surface area contributed by atoms with Gasteiger partial charge in [0.15, 0.2) is 11.5 Å². The van der Waals surface area contributed by atoms with E-state index >= 15 is 0 Å². The molecule has 1 saturated heterocycles. The highest BCUT2D eigenvalue weighted by Gasteiger charge is 2.26. The molecular weight excluding hydrogens is 356 g/mol. The van der Waals surface area contributed by atoms with Crippen molar-refractivity contribution in [3.8, 4) is 0 Å². The summed E-state index contributed by atoms with van der Waals surface area (Å²) in [6, 6.07) is 9.35. The molecule has 144 valence electrons. The first-order valence-corrected chi connectivity index (χ1v) is 9.36. The maximum absolute atomic E-state index is 12.7. The first-order chi connectivity index (χ1) is 13.6. The van der Waals surface area contributed by atoms with Gasteiger partial charge in [0.1, 0.15) is 0 Å². The Hall–Kier alpha value is -3.29. The van der Waals surface area contributed by atoms with Gasteiger partial charge in [-0.3, -0.25) is 0 Å². The van der Waals surface area contributed by atoms with Crippen LogP contribution in [-0.4, -0.2) is 58.2 Å². The van der Waals surface area contributed by atoms with Crippen molar-refractivity contribution < 1.29 is 9.53 Å². The molecule has 1 fully saturated rings. The van der Waals surface area contributed by atoms with Crippen LogP contribution in [0.3, 0.4) is 0 Å². The molecule has 0 aliphatic carbocycles. The Morgan fingerprint density at radius 3 is 2.18 bits per heavy atom. The molecule has 1 aliphatic rings. The van der Waals surface area contributed by atoms with Gasteiger partial charge in [0.2, 0.25) is 5.95 Å². The lowest BCUT2D eigenvalue weighted by Crippen LogP contribution is -2.48. The predicted octanol–water partition coefficient (Wildman–Crippen LogP) is 2.31. The average Bonchev–Trinajstić information content (AvgIpc) is 2.73. The molecule has 1 aromatic carbocycles. The highest BCUT2D eigenvalue weighted by Crippen LogP contribution is 2.24. The van der Waals surface area contributed by atoms with Gasteiger partial charge in [-0.25, -0.2) is 24.7 Å². The van der Waals surface area contributed by atoms with Crippen LogP contribution in [0.15, 0.2) is 42.7 Å². The second-order valence-electron chi connectivity index (χ2n) is 6.86. The van der Waals surface area contributed by atoms with Crippen LogP contribution in [0.4, 0.5) is 11.8 Å². The number of aromatic nitrogens is 4. The number of benzene rings is 1. The van der Waals surface area contributed by atoms with Gasteiger partial charge in [-0.15, -0.1) is 0 Å². The summed E-state index contributed by atoms with van der Waals surface area (Å²) in [5, 5.41) is 0. The molecule has 3 heterocycles. The standard InChI is InChI=1S/C20H22N6O2/c1-14(2)28-19(27)17-18(24-16-7-4-3-6-15(16)23-17)25-10-12-26(13-11-25)20-21-8-5-9-22-20/h3-9,14H,10-13H2,1-2H3. The minimum Gasteiger partial charge on any atom is -0.458 e. The third kappa shape index (κ3) is 3.71. The number of rotatable bonds is 4. The molecule has 4 rings (SSSR count). The minimum atomic E-state index is -0.447. The Balaban J connectivity index is 1.63. The normalized spacial score (nSPS) is 14.5. The van der Waals surface area contributed by atoms with E-state index in [1.807, 2.05) is 38.1 Å². The maximum Gasteiger partial charge on any atom is 0.361 e. The molecular formula is C20H22N6O2. The lowest BCUT2D eigenvalue weighted by atomic mass is 10.2. The summed E-state index contributed by atoms with van der Waals surface area (Å²) in [4.78, 5) is 34.8. The number of ether oxygens (including phenoxy) is 1. The summed E-state index contributed by atoms with van der Waals surface area (Å²) >= 11 is 0. The van der Waals surface area contributed by atoms with Crippen molar-refractivity contribution in [2.24, 2.45) is 0 Å². The van der Waals surface area contributed by atoms with Crippen molar-refractivity contribution in [2.75, 3.05) is 36.0 Å². The number of hydrogen-bond acceptors (Lipinski definition) is 8. The zero-order valence-electron chi connectivity index (χ0n) is 15.9. The smallest absolute Gasteiger partial charge is 0.361 e. The second kappa shape index (κ2) is 7.75. The summed E-state index contributed by atoms with van der Waals surface area (Å²) < 4.78 is 5.41. The van der Waals surface area contributed by atoms with Gasteiger partial charge in [-0.05, 0) is 32.0 Å². The van der Waals surface area contributed by atoms with Crippen LogP contribution in [0.1, 0.15) is 24.3 Å². The molecule has 0 amide bonds. The summed E-state index contributed by atoms with van der Waals surface area (Å²) in [5.74, 6) is 0.834. The molecule has 28 heavy (non-hydrogen) atoms. The summed E-state index contributed by atoms with van der Waals surface area (Å²) in [5.41, 5.74) is 1.70. The molecule has 0 atom stereocenters. The summed E-state index contributed by atoms with van der Waals surface area (Å²) in [6.07, 6.45) is 3.26. The van der Waals surface area contributed by atoms with E-state index in [0.29, 0.717) is 30.4 Å². The van der Waals surface area contributed by atoms with Crippen LogP contribution in [0, 0.1) is 0 Å². The monoisotopic (exact) mass is 378 g/mol. The van der Waals surface area contributed by atoms with Crippen LogP contribution in [-0.2, 0) is 4.74 Å². The molecule has 0 unspecified atom stereocenters. The van der Waals surface area contributed by atoms with Crippen molar-refractivity contribution in [3.05, 3.63) is 48.4 Å². The number of hydrogen-bond donors (Lipinski definition) is 0. The van der Waals surface area contributed by atoms with Crippen molar-refractivity contribution in [1.82, 2.24) is 19.9 Å². The molecule has 1 aliphatic heterocycles. The van der Waals surface area contributed by atoms with E-state index in [-0.39, 0.29) is 11.8 Å². The lowest BCUT2D eigenvalue weighted by Gasteiger charge is -2.35. The summed E-state index contributed by atoms with van der Waals surface area (Å²) in [7, 11) is 0. The van der Waals surface area contributed by atoms with E-state index in [0.717, 1.165) is 18.6 Å². The Kier molecular flexibility index (Phi) is 5.01. The first kappa shape index (κ1) is 18.1. The first-order valence-electron chi connectivity index (χ1n) is 9.36. The number of esters is 1. The van der Waals surface area contributed by atoms with E-state index in [9.17, 15) is 4.79 Å². The average molecular weight is 378 g/mol. The maximum atomic E-state index is 12.7. The third-order valence-electron chi connectivity index (χ3n) is 4.50. The van der Waals surface area contributed by atoms with Crippen LogP contribution in [0.2, 0.25) is 0 Å². The van der Waals surface area contributed by atoms with Crippen LogP contribution in [0.25, 0.3) is 11.0 Å². The number of piperazine rings is 1. The fraction of sp³-hybridized carbons (Fsp3) is 0.350. The van der Waals surface area contributed by atoms with Gasteiger partial charge in [0.05, 0.1) is 17.1 Å². The number of carbonyl (C=O) groups excluding carboxylic acids is 1. The minimum absolute atomic E-state index is 0.222. The Morgan fingerprint density at radius 2 is 1.54 bits per heavy atom. The van der Waals surface area contributed by atoms with E-state index < -0.39 is 5.97 Å². The molecule has 0 saturated carbocycles. The van der Waals surface area contributed by atoms with Crippen molar-refractivity contribution in [2.45, 2.75) is 20.0 Å². The fourth-order valence-corrected chi connectivity index (χ4v) is 3.19.